The lowest BCUT2D eigenvalue weighted by molar-refractivity contribution is -0.199. The van der Waals surface area contributed by atoms with Crippen LogP contribution in [0.5, 0.6) is 0 Å². The molecule has 2 aromatic rings. The fourth-order valence-corrected chi connectivity index (χ4v) is 4.31. The molecular weight excluding hydrogens is 339 g/mol. The third-order valence-corrected chi connectivity index (χ3v) is 5.59. The predicted octanol–water partition coefficient (Wildman–Crippen LogP) is 4.20. The minimum Gasteiger partial charge on any atom is -0.388 e. The van der Waals surface area contributed by atoms with Crippen molar-refractivity contribution in [2.75, 3.05) is 11.9 Å². The molecule has 0 bridgehead atoms. The average Bonchev–Trinajstić information content (AvgIpc) is 2.85. The highest BCUT2D eigenvalue weighted by atomic mass is 32.1. The van der Waals surface area contributed by atoms with Gasteiger partial charge in [0.1, 0.15) is 16.5 Å². The highest BCUT2D eigenvalue weighted by molar-refractivity contribution is 7.17. The third-order valence-electron chi connectivity index (χ3n) is 4.60. The van der Waals surface area contributed by atoms with Crippen LogP contribution in [0.3, 0.4) is 0 Å². The molecule has 0 saturated heterocycles. The number of aromatic nitrogens is 2. The lowest BCUT2D eigenvalue weighted by Gasteiger charge is -2.37. The number of nitrogens with one attached hydrogen (secondary N) is 1. The Bertz CT molecular complexity index is 746. The van der Waals surface area contributed by atoms with Crippen LogP contribution in [0.25, 0.3) is 10.2 Å². The molecule has 4 nitrogen and oxygen atoms in total. The van der Waals surface area contributed by atoms with Gasteiger partial charge in [-0.3, -0.25) is 0 Å². The molecule has 2 heterocycles. The van der Waals surface area contributed by atoms with Crippen LogP contribution in [0.1, 0.15) is 37.1 Å². The predicted molar refractivity (Wildman–Crippen MR) is 88.3 cm³/mol. The van der Waals surface area contributed by atoms with E-state index in [9.17, 15) is 18.3 Å². The van der Waals surface area contributed by atoms with E-state index in [1.165, 1.54) is 11.3 Å². The fraction of sp³-hybridized carbons (Fsp3) is 0.625. The maximum atomic E-state index is 13.0. The second kappa shape index (κ2) is 6.15. The van der Waals surface area contributed by atoms with Crippen molar-refractivity contribution in [2.24, 2.45) is 5.92 Å². The summed E-state index contributed by atoms with van der Waals surface area (Å²) in [6.45, 7) is 3.77. The van der Waals surface area contributed by atoms with Gasteiger partial charge in [0.15, 0.2) is 0 Å². The zero-order chi connectivity index (χ0) is 17.5. The van der Waals surface area contributed by atoms with Crippen LogP contribution >= 0.6 is 11.3 Å². The Kier molecular flexibility index (Phi) is 4.46. The van der Waals surface area contributed by atoms with Crippen LogP contribution in [0.4, 0.5) is 19.0 Å². The maximum Gasteiger partial charge on any atom is 0.391 e. The summed E-state index contributed by atoms with van der Waals surface area (Å²) in [4.78, 5) is 9.58. The van der Waals surface area contributed by atoms with E-state index in [4.69, 9.17) is 0 Å². The number of hydrogen-bond acceptors (Lipinski definition) is 5. The van der Waals surface area contributed by atoms with Crippen molar-refractivity contribution in [1.82, 2.24) is 9.97 Å². The Morgan fingerprint density at radius 2 is 2.12 bits per heavy atom. The number of anilines is 1. The Morgan fingerprint density at radius 3 is 2.83 bits per heavy atom. The molecule has 2 atom stereocenters. The highest BCUT2D eigenvalue weighted by Gasteiger charge is 2.46. The Morgan fingerprint density at radius 1 is 1.38 bits per heavy atom. The standard InChI is InChI=1S/C16H20F3N3OS/c1-9-7-24-14-12(9)13(21-10(2)22-14)20-8-15(23)5-3-4-11(6-15)16(17,18)19/h7,11,23H,3-6,8H2,1-2H3,(H,20,21,22). The zero-order valence-electron chi connectivity index (χ0n) is 13.6. The molecule has 1 aliphatic carbocycles. The minimum absolute atomic E-state index is 0.0560. The van der Waals surface area contributed by atoms with Crippen LogP contribution < -0.4 is 5.32 Å². The quantitative estimate of drug-likeness (QED) is 0.862. The maximum absolute atomic E-state index is 13.0. The van der Waals surface area contributed by atoms with Gasteiger partial charge in [-0.2, -0.15) is 13.2 Å². The summed E-state index contributed by atoms with van der Waals surface area (Å²) in [7, 11) is 0. The summed E-state index contributed by atoms with van der Waals surface area (Å²) in [5.74, 6) is -0.262. The molecule has 1 fully saturated rings. The number of hydrogen-bond donors (Lipinski definition) is 2. The first kappa shape index (κ1) is 17.4. The molecule has 2 unspecified atom stereocenters. The molecule has 0 aromatic carbocycles. The van der Waals surface area contributed by atoms with Crippen LogP contribution in [-0.4, -0.2) is 33.4 Å². The van der Waals surface area contributed by atoms with Gasteiger partial charge in [0.05, 0.1) is 16.9 Å². The van der Waals surface area contributed by atoms with E-state index < -0.39 is 17.7 Å². The van der Waals surface area contributed by atoms with Gasteiger partial charge < -0.3 is 10.4 Å². The Hall–Kier alpha value is -1.41. The number of thiophene rings is 1. The summed E-state index contributed by atoms with van der Waals surface area (Å²) in [5.41, 5.74) is -0.352. The van der Waals surface area contributed by atoms with Gasteiger partial charge in [0.25, 0.3) is 0 Å². The molecule has 0 amide bonds. The van der Waals surface area contributed by atoms with Gasteiger partial charge in [-0.1, -0.05) is 0 Å². The zero-order valence-corrected chi connectivity index (χ0v) is 14.4. The monoisotopic (exact) mass is 359 g/mol. The molecule has 0 spiro atoms. The summed E-state index contributed by atoms with van der Waals surface area (Å²) < 4.78 is 38.9. The van der Waals surface area contributed by atoms with E-state index in [2.05, 4.69) is 15.3 Å². The summed E-state index contributed by atoms with van der Waals surface area (Å²) in [6.07, 6.45) is -3.69. The third kappa shape index (κ3) is 3.49. The molecule has 3 rings (SSSR count). The van der Waals surface area contributed by atoms with E-state index in [-0.39, 0.29) is 19.4 Å². The molecule has 8 heteroatoms. The molecule has 132 valence electrons. The van der Waals surface area contributed by atoms with Gasteiger partial charge in [-0.05, 0) is 50.5 Å². The van der Waals surface area contributed by atoms with E-state index >= 15 is 0 Å². The Balaban J connectivity index is 1.79. The highest BCUT2D eigenvalue weighted by Crippen LogP contribution is 2.42. The van der Waals surface area contributed by atoms with Crippen molar-refractivity contribution in [1.29, 1.82) is 0 Å². The topological polar surface area (TPSA) is 58.0 Å². The second-order valence-electron chi connectivity index (χ2n) is 6.63. The van der Waals surface area contributed by atoms with Crippen molar-refractivity contribution in [3.05, 3.63) is 16.8 Å². The smallest absolute Gasteiger partial charge is 0.388 e. The molecule has 2 N–H and O–H groups in total. The summed E-state index contributed by atoms with van der Waals surface area (Å²) >= 11 is 1.50. The van der Waals surface area contributed by atoms with Gasteiger partial charge >= 0.3 is 6.18 Å². The number of aliphatic hydroxyl groups is 1. The molecule has 1 saturated carbocycles. The molecule has 24 heavy (non-hydrogen) atoms. The van der Waals surface area contributed by atoms with Crippen LogP contribution in [0.15, 0.2) is 5.38 Å². The number of aryl methyl sites for hydroxylation is 2. The number of nitrogens with zero attached hydrogens (tertiary/aromatic N) is 2. The molecule has 0 aliphatic heterocycles. The van der Waals surface area contributed by atoms with E-state index in [1.807, 2.05) is 12.3 Å². The van der Waals surface area contributed by atoms with Crippen molar-refractivity contribution >= 4 is 27.4 Å². The van der Waals surface area contributed by atoms with Gasteiger partial charge in [0, 0.05) is 6.54 Å². The van der Waals surface area contributed by atoms with Crippen molar-refractivity contribution in [3.8, 4) is 0 Å². The summed E-state index contributed by atoms with van der Waals surface area (Å²) in [5, 5.41) is 16.5. The van der Waals surface area contributed by atoms with Crippen molar-refractivity contribution in [2.45, 2.75) is 51.3 Å². The average molecular weight is 359 g/mol. The normalized spacial score (nSPS) is 25.2. The first-order chi connectivity index (χ1) is 11.2. The van der Waals surface area contributed by atoms with E-state index in [1.54, 1.807) is 6.92 Å². The van der Waals surface area contributed by atoms with Crippen LogP contribution in [-0.2, 0) is 0 Å². The number of alkyl halides is 3. The Labute approximate surface area is 142 Å². The molecular formula is C16H20F3N3OS. The first-order valence-electron chi connectivity index (χ1n) is 7.93. The van der Waals surface area contributed by atoms with E-state index in [0.29, 0.717) is 24.5 Å². The number of halogens is 3. The lowest BCUT2D eigenvalue weighted by atomic mass is 9.77. The number of rotatable bonds is 3. The minimum atomic E-state index is -4.25. The largest absolute Gasteiger partial charge is 0.391 e. The van der Waals surface area contributed by atoms with Gasteiger partial charge in [0.2, 0.25) is 0 Å². The molecule has 2 aromatic heterocycles. The fourth-order valence-electron chi connectivity index (χ4n) is 3.35. The molecule has 1 aliphatic rings. The summed E-state index contributed by atoms with van der Waals surface area (Å²) in [6, 6.07) is 0. The second-order valence-corrected chi connectivity index (χ2v) is 7.49. The first-order valence-corrected chi connectivity index (χ1v) is 8.81. The SMILES string of the molecule is Cc1nc(NCC2(O)CCCC(C(F)(F)F)C2)c2c(C)csc2n1. The van der Waals surface area contributed by atoms with E-state index in [0.717, 1.165) is 15.8 Å². The van der Waals surface area contributed by atoms with Crippen LogP contribution in [0.2, 0.25) is 0 Å². The number of fused-ring (bicyclic) bond motifs is 1. The van der Waals surface area contributed by atoms with Crippen molar-refractivity contribution < 1.29 is 18.3 Å². The van der Waals surface area contributed by atoms with Crippen molar-refractivity contribution in [3.63, 3.8) is 0 Å². The molecule has 0 radical (unpaired) electrons. The van der Waals surface area contributed by atoms with Gasteiger partial charge in [-0.15, -0.1) is 11.3 Å². The van der Waals surface area contributed by atoms with Gasteiger partial charge in [-0.25, -0.2) is 9.97 Å². The van der Waals surface area contributed by atoms with Crippen LogP contribution in [0, 0.1) is 19.8 Å². The lowest BCUT2D eigenvalue weighted by Crippen LogP contribution is -2.45.